The summed E-state index contributed by atoms with van der Waals surface area (Å²) in [5, 5.41) is 9.62. The number of esters is 2. The topological polar surface area (TPSA) is 72.8 Å². The molecule has 3 unspecified atom stereocenters. The van der Waals surface area contributed by atoms with Crippen LogP contribution in [0.2, 0.25) is 0 Å². The molecule has 194 valence electrons. The lowest BCUT2D eigenvalue weighted by atomic mass is 9.41. The van der Waals surface area contributed by atoms with Crippen LogP contribution in [0.5, 0.6) is 0 Å². The van der Waals surface area contributed by atoms with Gasteiger partial charge in [0.2, 0.25) is 0 Å². The minimum atomic E-state index is -0.186. The summed E-state index contributed by atoms with van der Waals surface area (Å²) in [5.74, 6) is 3.06. The van der Waals surface area contributed by atoms with Crippen LogP contribution in [-0.2, 0) is 19.1 Å². The maximum atomic E-state index is 12.4. The molecule has 0 aliphatic heterocycles. The van der Waals surface area contributed by atoms with Crippen molar-refractivity contribution in [3.05, 3.63) is 0 Å². The van der Waals surface area contributed by atoms with Gasteiger partial charge in [-0.05, 0) is 104 Å². The molecule has 5 heteroatoms. The van der Waals surface area contributed by atoms with Crippen molar-refractivity contribution in [3.8, 4) is 0 Å². The highest BCUT2D eigenvalue weighted by Crippen LogP contribution is 2.70. The van der Waals surface area contributed by atoms with Gasteiger partial charge in [-0.25, -0.2) is 0 Å². The first kappa shape index (κ1) is 26.0. The molecule has 0 aromatic carbocycles. The Balaban J connectivity index is 1.70. The van der Waals surface area contributed by atoms with Gasteiger partial charge in [0.1, 0.15) is 12.2 Å². The van der Waals surface area contributed by atoms with Crippen LogP contribution in [0.4, 0.5) is 0 Å². The molecule has 0 aromatic heterocycles. The van der Waals surface area contributed by atoms with Gasteiger partial charge in [-0.1, -0.05) is 27.7 Å². The SMILES string of the molecule is CC[C@H]1[C@@H](OC(C)=O)C2C3CC[C@H]([C@H](C)CCO)[C@@]3(C)CCC2[C@@]2(C)CC[C@@H](OC(C)=O)C[C@@H]12. The number of rotatable bonds is 6. The molecule has 0 radical (unpaired) electrons. The largest absolute Gasteiger partial charge is 0.463 e. The highest BCUT2D eigenvalue weighted by Gasteiger charge is 2.66. The zero-order valence-corrected chi connectivity index (χ0v) is 22.3. The van der Waals surface area contributed by atoms with Crippen molar-refractivity contribution in [3.63, 3.8) is 0 Å². The van der Waals surface area contributed by atoms with Crippen molar-refractivity contribution >= 4 is 11.9 Å². The number of hydrogen-bond acceptors (Lipinski definition) is 5. The van der Waals surface area contributed by atoms with Gasteiger partial charge in [-0.3, -0.25) is 9.59 Å². The summed E-state index contributed by atoms with van der Waals surface area (Å²) in [4.78, 5) is 24.1. The van der Waals surface area contributed by atoms with E-state index in [9.17, 15) is 14.7 Å². The average Bonchev–Trinajstić information content (AvgIpc) is 3.11. The van der Waals surface area contributed by atoms with Crippen LogP contribution in [0.25, 0.3) is 0 Å². The molecule has 4 rings (SSSR count). The smallest absolute Gasteiger partial charge is 0.302 e. The lowest BCUT2D eigenvalue weighted by Gasteiger charge is -2.65. The zero-order valence-electron chi connectivity index (χ0n) is 22.3. The number of hydrogen-bond donors (Lipinski definition) is 1. The summed E-state index contributed by atoms with van der Waals surface area (Å²) in [6, 6.07) is 0. The minimum absolute atomic E-state index is 0.0109. The Morgan fingerprint density at radius 3 is 2.21 bits per heavy atom. The molecule has 0 bridgehead atoms. The van der Waals surface area contributed by atoms with Gasteiger partial charge < -0.3 is 14.6 Å². The standard InChI is InChI=1S/C29H48O5/c1-7-21-25-16-20(33-18(3)31)10-13-29(25,6)24-11-14-28(5)22(17(2)12-15-30)8-9-23(28)26(24)27(21)34-19(4)32/h17,20-27,30H,7-16H2,1-6H3/t17-,20-,21-,22-,23?,24?,25+,26?,27-,28-,29-/m1/s1. The molecule has 4 aliphatic carbocycles. The fourth-order valence-corrected chi connectivity index (χ4v) is 9.98. The Labute approximate surface area is 206 Å². The van der Waals surface area contributed by atoms with Crippen LogP contribution in [0.1, 0.15) is 99.3 Å². The normalized spacial score (nSPS) is 46.6. The number of aliphatic hydroxyl groups is 1. The summed E-state index contributed by atoms with van der Waals surface area (Å²) < 4.78 is 12.0. The van der Waals surface area contributed by atoms with E-state index in [-0.39, 0.29) is 41.6 Å². The Morgan fingerprint density at radius 1 is 0.941 bits per heavy atom. The summed E-state index contributed by atoms with van der Waals surface area (Å²) in [5.41, 5.74) is 0.458. The van der Waals surface area contributed by atoms with E-state index in [1.54, 1.807) is 6.92 Å². The summed E-state index contributed by atoms with van der Waals surface area (Å²) in [7, 11) is 0. The van der Waals surface area contributed by atoms with Gasteiger partial charge >= 0.3 is 11.9 Å². The molecule has 0 heterocycles. The zero-order chi connectivity index (χ0) is 24.8. The van der Waals surface area contributed by atoms with E-state index in [4.69, 9.17) is 9.47 Å². The van der Waals surface area contributed by atoms with E-state index in [0.29, 0.717) is 41.4 Å². The Hall–Kier alpha value is -1.10. The van der Waals surface area contributed by atoms with Crippen LogP contribution in [0.15, 0.2) is 0 Å². The molecule has 0 saturated heterocycles. The lowest BCUT2D eigenvalue weighted by molar-refractivity contribution is -0.219. The summed E-state index contributed by atoms with van der Waals surface area (Å²) in [6.45, 7) is 12.9. The van der Waals surface area contributed by atoms with Gasteiger partial charge in [0.25, 0.3) is 0 Å². The molecule has 0 spiro atoms. The van der Waals surface area contributed by atoms with Gasteiger partial charge in [0.05, 0.1) is 0 Å². The fourth-order valence-electron chi connectivity index (χ4n) is 9.98. The highest BCUT2D eigenvalue weighted by atomic mass is 16.5. The van der Waals surface area contributed by atoms with E-state index in [0.717, 1.165) is 32.1 Å². The predicted molar refractivity (Wildman–Crippen MR) is 132 cm³/mol. The van der Waals surface area contributed by atoms with Crippen molar-refractivity contribution < 1.29 is 24.2 Å². The molecule has 5 nitrogen and oxygen atoms in total. The second-order valence-corrected chi connectivity index (χ2v) is 12.8. The van der Waals surface area contributed by atoms with Crippen LogP contribution >= 0.6 is 0 Å². The van der Waals surface area contributed by atoms with Gasteiger partial charge in [-0.15, -0.1) is 0 Å². The molecule has 4 saturated carbocycles. The molecule has 34 heavy (non-hydrogen) atoms. The van der Waals surface area contributed by atoms with E-state index in [2.05, 4.69) is 27.7 Å². The molecular formula is C29H48O5. The van der Waals surface area contributed by atoms with Gasteiger partial charge in [0, 0.05) is 26.4 Å². The monoisotopic (exact) mass is 476 g/mol. The van der Waals surface area contributed by atoms with Crippen molar-refractivity contribution in [2.24, 2.45) is 52.3 Å². The lowest BCUT2D eigenvalue weighted by Crippen LogP contribution is -2.63. The molecule has 0 aromatic rings. The molecule has 1 N–H and O–H groups in total. The van der Waals surface area contributed by atoms with E-state index >= 15 is 0 Å². The molecule has 4 aliphatic rings. The van der Waals surface area contributed by atoms with E-state index < -0.39 is 0 Å². The van der Waals surface area contributed by atoms with Crippen LogP contribution in [0, 0.1) is 52.3 Å². The quantitative estimate of drug-likeness (QED) is 0.493. The molecule has 0 amide bonds. The predicted octanol–water partition coefficient (Wildman–Crippen LogP) is 5.77. The van der Waals surface area contributed by atoms with Crippen LogP contribution in [0.3, 0.4) is 0 Å². The number of ether oxygens (including phenoxy) is 2. The maximum Gasteiger partial charge on any atom is 0.302 e. The van der Waals surface area contributed by atoms with Gasteiger partial charge in [0.15, 0.2) is 0 Å². The molecule has 11 atom stereocenters. The third-order valence-electron chi connectivity index (χ3n) is 11.3. The van der Waals surface area contributed by atoms with Crippen LogP contribution in [-0.4, -0.2) is 35.9 Å². The Morgan fingerprint density at radius 2 is 1.59 bits per heavy atom. The first-order chi connectivity index (χ1) is 16.1. The summed E-state index contributed by atoms with van der Waals surface area (Å²) in [6.07, 6.45) is 9.61. The number of carbonyl (C=O) groups excluding carboxylic acids is 2. The number of carbonyl (C=O) groups is 2. The van der Waals surface area contributed by atoms with E-state index in [1.165, 1.54) is 32.6 Å². The second kappa shape index (κ2) is 9.75. The third kappa shape index (κ3) is 4.22. The first-order valence-corrected chi connectivity index (χ1v) is 14.0. The molecule has 4 fully saturated rings. The fraction of sp³-hybridized carbons (Fsp3) is 0.931. The third-order valence-corrected chi connectivity index (χ3v) is 11.3. The number of aliphatic hydroxyl groups excluding tert-OH is 1. The van der Waals surface area contributed by atoms with Crippen molar-refractivity contribution in [1.29, 1.82) is 0 Å². The van der Waals surface area contributed by atoms with E-state index in [1.807, 2.05) is 0 Å². The summed E-state index contributed by atoms with van der Waals surface area (Å²) >= 11 is 0. The average molecular weight is 477 g/mol. The first-order valence-electron chi connectivity index (χ1n) is 14.0. The minimum Gasteiger partial charge on any atom is -0.463 e. The Kier molecular flexibility index (Phi) is 7.45. The highest BCUT2D eigenvalue weighted by molar-refractivity contribution is 5.66. The maximum absolute atomic E-state index is 12.4. The van der Waals surface area contributed by atoms with Crippen molar-refractivity contribution in [2.45, 2.75) is 112 Å². The van der Waals surface area contributed by atoms with Gasteiger partial charge in [-0.2, -0.15) is 0 Å². The van der Waals surface area contributed by atoms with Crippen molar-refractivity contribution in [1.82, 2.24) is 0 Å². The second-order valence-electron chi connectivity index (χ2n) is 12.8. The number of fused-ring (bicyclic) bond motifs is 5. The van der Waals surface area contributed by atoms with Crippen molar-refractivity contribution in [2.75, 3.05) is 6.61 Å². The molecular weight excluding hydrogens is 428 g/mol. The Bertz CT molecular complexity index is 766. The van der Waals surface area contributed by atoms with Crippen LogP contribution < -0.4 is 0 Å².